The summed E-state index contributed by atoms with van der Waals surface area (Å²) in [6.45, 7) is 4.27. The van der Waals surface area contributed by atoms with Gasteiger partial charge in [0.15, 0.2) is 5.82 Å². The maximum Gasteiger partial charge on any atom is 0.222 e. The second kappa shape index (κ2) is 10.5. The fourth-order valence-corrected chi connectivity index (χ4v) is 3.63. The number of fused-ring (bicyclic) bond motifs is 3. The van der Waals surface area contributed by atoms with Crippen molar-refractivity contribution >= 4 is 23.2 Å². The van der Waals surface area contributed by atoms with E-state index in [2.05, 4.69) is 15.5 Å². The van der Waals surface area contributed by atoms with Crippen LogP contribution in [-0.2, 0) is 37.5 Å². The predicted molar refractivity (Wildman–Crippen MR) is 117 cm³/mol. The van der Waals surface area contributed by atoms with E-state index in [1.165, 1.54) is 0 Å². The summed E-state index contributed by atoms with van der Waals surface area (Å²) < 4.78 is 1.89. The molecule has 2 aromatic carbocycles. The van der Waals surface area contributed by atoms with Crippen molar-refractivity contribution in [2.75, 3.05) is 6.54 Å². The molecule has 3 aromatic rings. The number of nitrogens with zero attached hydrogens (tertiary/aromatic N) is 4. The van der Waals surface area contributed by atoms with Crippen LogP contribution in [-0.4, -0.2) is 38.0 Å². The molecule has 0 bridgehead atoms. The van der Waals surface area contributed by atoms with Crippen molar-refractivity contribution in [2.45, 2.75) is 26.3 Å². The van der Waals surface area contributed by atoms with Gasteiger partial charge in [0.05, 0.1) is 17.8 Å². The molecule has 1 aliphatic heterocycles. The number of aliphatic imine (C=N–C) groups is 1. The first kappa shape index (κ1) is 25.2. The van der Waals surface area contributed by atoms with E-state index in [0.29, 0.717) is 28.9 Å². The van der Waals surface area contributed by atoms with Gasteiger partial charge in [-0.25, -0.2) is 0 Å². The SMILES string of the molecule is CCNC(=O)C[C@@H]1N=C(c2ccc(Cl)cc2)c2cc(O)ccc2-n2c(C)nnc21.[CH3-].[Y]. The molecule has 1 aromatic heterocycles. The number of benzene rings is 2. The van der Waals surface area contributed by atoms with Crippen LogP contribution in [0.15, 0.2) is 47.5 Å². The molecule has 0 saturated carbocycles. The van der Waals surface area contributed by atoms with Gasteiger partial charge in [-0.05, 0) is 44.2 Å². The maximum absolute atomic E-state index is 12.4. The number of hydrogen-bond acceptors (Lipinski definition) is 5. The van der Waals surface area contributed by atoms with Crippen molar-refractivity contribution in [3.05, 3.63) is 77.7 Å². The first-order valence-electron chi connectivity index (χ1n) is 9.34. The molecule has 0 aliphatic carbocycles. The standard InChI is InChI=1S/C21H20ClN5O2.CH3.Y/c1-3-23-19(29)11-17-21-26-25-12(2)27(21)18-9-8-15(28)10-16(18)20(24-17)13-4-6-14(22)7-5-13;;/h4-10,17,28H,3,11H2,1-2H3,(H,23,29);1H3;/q;-1;/t17-;;/m0../s1. The number of halogens is 1. The molecule has 1 atom stereocenters. The van der Waals surface area contributed by atoms with Gasteiger partial charge in [0.25, 0.3) is 0 Å². The van der Waals surface area contributed by atoms with Crippen LogP contribution in [0.5, 0.6) is 5.75 Å². The minimum absolute atomic E-state index is 0. The molecule has 0 fully saturated rings. The van der Waals surface area contributed by atoms with Crippen LogP contribution in [0, 0.1) is 14.4 Å². The summed E-state index contributed by atoms with van der Waals surface area (Å²) in [4.78, 5) is 17.3. The minimum Gasteiger partial charge on any atom is -0.508 e. The van der Waals surface area contributed by atoms with Gasteiger partial charge < -0.3 is 17.8 Å². The second-order valence-corrected chi connectivity index (χ2v) is 7.24. The Labute approximate surface area is 211 Å². The average Bonchev–Trinajstić information content (AvgIpc) is 3.01. The van der Waals surface area contributed by atoms with Crippen molar-refractivity contribution in [2.24, 2.45) is 4.99 Å². The number of rotatable bonds is 4. The molecule has 0 unspecified atom stereocenters. The topological polar surface area (TPSA) is 92.4 Å². The fraction of sp³-hybridized carbons (Fsp3) is 0.227. The monoisotopic (exact) mass is 513 g/mol. The van der Waals surface area contributed by atoms with Gasteiger partial charge in [-0.1, -0.05) is 23.7 Å². The Morgan fingerprint density at radius 3 is 2.58 bits per heavy atom. The van der Waals surface area contributed by atoms with Crippen LogP contribution in [0.2, 0.25) is 5.02 Å². The van der Waals surface area contributed by atoms with Crippen molar-refractivity contribution in [1.82, 2.24) is 20.1 Å². The molecule has 0 saturated heterocycles. The van der Waals surface area contributed by atoms with Crippen LogP contribution >= 0.6 is 11.6 Å². The first-order valence-corrected chi connectivity index (χ1v) is 9.72. The largest absolute Gasteiger partial charge is 0.508 e. The predicted octanol–water partition coefficient (Wildman–Crippen LogP) is 3.80. The summed E-state index contributed by atoms with van der Waals surface area (Å²) in [5, 5.41) is 22.1. The number of hydrogen-bond donors (Lipinski definition) is 2. The van der Waals surface area contributed by atoms with E-state index in [1.54, 1.807) is 24.3 Å². The third-order valence-corrected chi connectivity index (χ3v) is 5.03. The third kappa shape index (κ3) is 5.05. The van der Waals surface area contributed by atoms with E-state index in [4.69, 9.17) is 16.6 Å². The Morgan fingerprint density at radius 1 is 1.19 bits per heavy atom. The van der Waals surface area contributed by atoms with Gasteiger partial charge in [0.1, 0.15) is 17.6 Å². The molecule has 31 heavy (non-hydrogen) atoms. The minimum atomic E-state index is -0.525. The molecular formula is C22H23ClN5O2Y-. The quantitative estimate of drug-likeness (QED) is 0.519. The number of aryl methyl sites for hydroxylation is 1. The van der Waals surface area contributed by atoms with Gasteiger partial charge in [0.2, 0.25) is 5.91 Å². The maximum atomic E-state index is 12.4. The van der Waals surface area contributed by atoms with Crippen molar-refractivity contribution in [1.29, 1.82) is 0 Å². The van der Waals surface area contributed by atoms with E-state index >= 15 is 0 Å². The molecule has 2 heterocycles. The van der Waals surface area contributed by atoms with Crippen LogP contribution in [0.25, 0.3) is 5.69 Å². The zero-order valence-corrected chi connectivity index (χ0v) is 21.2. The summed E-state index contributed by atoms with van der Waals surface area (Å²) >= 11 is 6.06. The Hall–Kier alpha value is -2.09. The molecular weight excluding hydrogens is 491 g/mol. The van der Waals surface area contributed by atoms with Crippen molar-refractivity contribution in [3.8, 4) is 11.4 Å². The smallest absolute Gasteiger partial charge is 0.222 e. The van der Waals surface area contributed by atoms with Gasteiger partial charge in [-0.2, -0.15) is 0 Å². The molecule has 7 nitrogen and oxygen atoms in total. The Kier molecular flexibility index (Phi) is 8.52. The van der Waals surface area contributed by atoms with E-state index in [1.807, 2.05) is 36.6 Å². The van der Waals surface area contributed by atoms with E-state index in [9.17, 15) is 9.90 Å². The molecule has 0 spiro atoms. The normalized spacial score (nSPS) is 14.2. The first-order chi connectivity index (χ1) is 14.0. The molecule has 4 rings (SSSR count). The Balaban J connectivity index is 0.00000171. The molecule has 1 aliphatic rings. The summed E-state index contributed by atoms with van der Waals surface area (Å²) in [6, 6.07) is 11.9. The summed E-state index contributed by atoms with van der Waals surface area (Å²) in [5.41, 5.74) is 3.02. The molecule has 9 heteroatoms. The molecule has 159 valence electrons. The third-order valence-electron chi connectivity index (χ3n) is 4.78. The van der Waals surface area contributed by atoms with Crippen molar-refractivity contribution in [3.63, 3.8) is 0 Å². The van der Waals surface area contributed by atoms with Gasteiger partial charge >= 0.3 is 0 Å². The zero-order valence-electron chi connectivity index (χ0n) is 17.6. The van der Waals surface area contributed by atoms with Gasteiger partial charge in [0, 0.05) is 55.4 Å². The summed E-state index contributed by atoms with van der Waals surface area (Å²) in [6.07, 6.45) is 0.142. The molecule has 1 radical (unpaired) electrons. The summed E-state index contributed by atoms with van der Waals surface area (Å²) in [5.74, 6) is 1.28. The second-order valence-electron chi connectivity index (χ2n) is 6.80. The number of phenols is 1. The fourth-order valence-electron chi connectivity index (χ4n) is 3.50. The van der Waals surface area contributed by atoms with Gasteiger partial charge in [-0.3, -0.25) is 14.4 Å². The number of aromatic hydroxyl groups is 1. The van der Waals surface area contributed by atoms with E-state index in [0.717, 1.165) is 16.8 Å². The number of carbonyl (C=O) groups is 1. The zero-order chi connectivity index (χ0) is 20.5. The van der Waals surface area contributed by atoms with Crippen LogP contribution in [0.3, 0.4) is 0 Å². The number of amides is 1. The number of nitrogens with one attached hydrogen (secondary N) is 1. The van der Waals surface area contributed by atoms with Crippen LogP contribution in [0.1, 0.15) is 42.2 Å². The van der Waals surface area contributed by atoms with Crippen LogP contribution < -0.4 is 5.32 Å². The number of phenolic OH excluding ortho intramolecular Hbond substituents is 1. The molecule has 2 N–H and O–H groups in total. The van der Waals surface area contributed by atoms with Gasteiger partial charge in [-0.15, -0.1) is 10.2 Å². The molecule has 1 amide bonds. The number of carbonyl (C=O) groups excluding carboxylic acids is 1. The van der Waals surface area contributed by atoms with Crippen molar-refractivity contribution < 1.29 is 42.6 Å². The Bertz CT molecular complexity index is 1110. The van der Waals surface area contributed by atoms with E-state index in [-0.39, 0.29) is 58.2 Å². The van der Waals surface area contributed by atoms with Crippen LogP contribution in [0.4, 0.5) is 0 Å². The van der Waals surface area contributed by atoms with E-state index < -0.39 is 6.04 Å². The number of aromatic nitrogens is 3. The Morgan fingerprint density at radius 2 is 1.90 bits per heavy atom. The average molecular weight is 514 g/mol. The summed E-state index contributed by atoms with van der Waals surface area (Å²) in [7, 11) is 0.